The Balaban J connectivity index is 2.33. The van der Waals surface area contributed by atoms with Gasteiger partial charge in [-0.25, -0.2) is 4.39 Å². The van der Waals surface area contributed by atoms with Crippen LogP contribution >= 0.6 is 0 Å². The van der Waals surface area contributed by atoms with Crippen molar-refractivity contribution in [3.8, 4) is 0 Å². The van der Waals surface area contributed by atoms with Gasteiger partial charge >= 0.3 is 0 Å². The van der Waals surface area contributed by atoms with Crippen LogP contribution in [0.1, 0.15) is 12.5 Å². The Morgan fingerprint density at radius 2 is 2.29 bits per heavy atom. The van der Waals surface area contributed by atoms with Crippen LogP contribution in [0.4, 0.5) is 15.8 Å². The van der Waals surface area contributed by atoms with Gasteiger partial charge in [-0.1, -0.05) is 6.92 Å². The first-order valence-corrected chi connectivity index (χ1v) is 5.43. The molecule has 0 aromatic heterocycles. The fourth-order valence-electron chi connectivity index (χ4n) is 1.68. The summed E-state index contributed by atoms with van der Waals surface area (Å²) in [6.45, 7) is 2.75. The maximum Gasteiger partial charge on any atom is 0.292 e. The van der Waals surface area contributed by atoms with Crippen LogP contribution in [0.15, 0.2) is 12.1 Å². The Labute approximate surface area is 97.7 Å². The lowest BCUT2D eigenvalue weighted by molar-refractivity contribution is -0.384. The largest absolute Gasteiger partial charge is 0.377 e. The van der Waals surface area contributed by atoms with Gasteiger partial charge in [0.1, 0.15) is 11.5 Å². The molecule has 1 aliphatic rings. The van der Waals surface area contributed by atoms with Crippen LogP contribution in [-0.4, -0.2) is 24.2 Å². The fourth-order valence-corrected chi connectivity index (χ4v) is 1.68. The third-order valence-electron chi connectivity index (χ3n) is 2.74. The molecular weight excluding hydrogens is 227 g/mol. The molecule has 1 N–H and O–H groups in total. The zero-order valence-electron chi connectivity index (χ0n) is 9.40. The Bertz CT molecular complexity index is 447. The predicted octanol–water partition coefficient (Wildman–Crippen LogP) is 2.11. The number of nitro groups is 1. The van der Waals surface area contributed by atoms with Gasteiger partial charge in [-0.15, -0.1) is 0 Å². The van der Waals surface area contributed by atoms with Gasteiger partial charge < -0.3 is 10.1 Å². The summed E-state index contributed by atoms with van der Waals surface area (Å²) in [4.78, 5) is 10.4. The van der Waals surface area contributed by atoms with E-state index in [1.54, 1.807) is 6.92 Å². The summed E-state index contributed by atoms with van der Waals surface area (Å²) in [5.41, 5.74) is 0.486. The van der Waals surface area contributed by atoms with Crippen LogP contribution in [0.25, 0.3) is 0 Å². The predicted molar refractivity (Wildman–Crippen MR) is 60.7 cm³/mol. The van der Waals surface area contributed by atoms with Gasteiger partial charge in [0.15, 0.2) is 0 Å². The first-order chi connectivity index (χ1) is 8.11. The molecule has 92 valence electrons. The van der Waals surface area contributed by atoms with Crippen molar-refractivity contribution >= 4 is 11.4 Å². The average Bonchev–Trinajstić information content (AvgIpc) is 2.23. The minimum absolute atomic E-state index is 0.0283. The highest BCUT2D eigenvalue weighted by molar-refractivity contribution is 5.63. The van der Waals surface area contributed by atoms with E-state index in [4.69, 9.17) is 4.74 Å². The highest BCUT2D eigenvalue weighted by Gasteiger charge is 2.24. The number of nitrogens with one attached hydrogen (secondary N) is 1. The summed E-state index contributed by atoms with van der Waals surface area (Å²) < 4.78 is 18.5. The molecule has 0 spiro atoms. The van der Waals surface area contributed by atoms with Crippen LogP contribution in [0.3, 0.4) is 0 Å². The van der Waals surface area contributed by atoms with E-state index >= 15 is 0 Å². The lowest BCUT2D eigenvalue weighted by Crippen LogP contribution is -2.40. The first kappa shape index (κ1) is 11.8. The van der Waals surface area contributed by atoms with Crippen molar-refractivity contribution in [2.45, 2.75) is 19.4 Å². The SMILES string of the molecule is CCc1cc([N+](=O)[O-])c(NC2COC2)cc1F. The third kappa shape index (κ3) is 2.36. The number of nitrogens with zero attached hydrogens (tertiary/aromatic N) is 1. The smallest absolute Gasteiger partial charge is 0.292 e. The normalized spacial score (nSPS) is 15.4. The standard InChI is InChI=1S/C11H13FN2O3/c1-2-7-3-11(14(15)16)10(4-9(7)12)13-8-5-17-6-8/h3-4,8,13H,2,5-6H2,1H3. The maximum absolute atomic E-state index is 13.6. The number of rotatable bonds is 4. The van der Waals surface area contributed by atoms with Gasteiger partial charge in [0.2, 0.25) is 0 Å². The summed E-state index contributed by atoms with van der Waals surface area (Å²) >= 11 is 0. The van der Waals surface area contributed by atoms with E-state index in [0.717, 1.165) is 0 Å². The molecule has 0 saturated carbocycles. The minimum atomic E-state index is -0.500. The van der Waals surface area contributed by atoms with Gasteiger partial charge in [0.05, 0.1) is 24.2 Å². The number of hydrogen-bond donors (Lipinski definition) is 1. The molecule has 2 rings (SSSR count). The van der Waals surface area contributed by atoms with Crippen molar-refractivity contribution in [3.05, 3.63) is 33.6 Å². The lowest BCUT2D eigenvalue weighted by Gasteiger charge is -2.27. The zero-order chi connectivity index (χ0) is 12.4. The topological polar surface area (TPSA) is 64.4 Å². The van der Waals surface area contributed by atoms with E-state index in [0.29, 0.717) is 25.2 Å². The molecule has 0 atom stereocenters. The van der Waals surface area contributed by atoms with Crippen molar-refractivity contribution in [2.24, 2.45) is 0 Å². The van der Waals surface area contributed by atoms with Crippen molar-refractivity contribution in [2.75, 3.05) is 18.5 Å². The summed E-state index contributed by atoms with van der Waals surface area (Å²) in [6, 6.07) is 2.51. The highest BCUT2D eigenvalue weighted by Crippen LogP contribution is 2.29. The van der Waals surface area contributed by atoms with Gasteiger partial charge in [0.25, 0.3) is 5.69 Å². The number of benzene rings is 1. The van der Waals surface area contributed by atoms with Gasteiger partial charge in [-0.3, -0.25) is 10.1 Å². The van der Waals surface area contributed by atoms with Crippen molar-refractivity contribution in [1.29, 1.82) is 0 Å². The second kappa shape index (κ2) is 4.67. The van der Waals surface area contributed by atoms with E-state index < -0.39 is 10.7 Å². The molecule has 1 saturated heterocycles. The summed E-state index contributed by atoms with van der Waals surface area (Å²) in [7, 11) is 0. The van der Waals surface area contributed by atoms with Gasteiger partial charge in [0, 0.05) is 12.1 Å². The lowest BCUT2D eigenvalue weighted by atomic mass is 10.1. The molecule has 5 nitrogen and oxygen atoms in total. The van der Waals surface area contributed by atoms with E-state index in [2.05, 4.69) is 5.32 Å². The molecular formula is C11H13FN2O3. The van der Waals surface area contributed by atoms with E-state index in [1.165, 1.54) is 12.1 Å². The molecule has 17 heavy (non-hydrogen) atoms. The molecule has 6 heteroatoms. The molecule has 0 unspecified atom stereocenters. The summed E-state index contributed by atoms with van der Waals surface area (Å²) in [5.74, 6) is -0.416. The van der Waals surface area contributed by atoms with Crippen LogP contribution in [0.5, 0.6) is 0 Å². The van der Waals surface area contributed by atoms with Crippen LogP contribution in [-0.2, 0) is 11.2 Å². The number of anilines is 1. The molecule has 0 radical (unpaired) electrons. The van der Waals surface area contributed by atoms with E-state index in [-0.39, 0.29) is 17.4 Å². The van der Waals surface area contributed by atoms with E-state index in [1.807, 2.05) is 0 Å². The Kier molecular flexibility index (Phi) is 3.23. The van der Waals surface area contributed by atoms with Crippen LogP contribution in [0, 0.1) is 15.9 Å². The number of halogens is 1. The maximum atomic E-state index is 13.6. The molecule has 1 heterocycles. The number of nitro benzene ring substituents is 1. The third-order valence-corrected chi connectivity index (χ3v) is 2.74. The highest BCUT2D eigenvalue weighted by atomic mass is 19.1. The van der Waals surface area contributed by atoms with Crippen molar-refractivity contribution in [3.63, 3.8) is 0 Å². The molecule has 0 bridgehead atoms. The van der Waals surface area contributed by atoms with Crippen LogP contribution in [0.2, 0.25) is 0 Å². The second-order valence-electron chi connectivity index (χ2n) is 3.95. The van der Waals surface area contributed by atoms with Crippen LogP contribution < -0.4 is 5.32 Å². The molecule has 0 amide bonds. The molecule has 1 aliphatic heterocycles. The van der Waals surface area contributed by atoms with Crippen molar-refractivity contribution < 1.29 is 14.1 Å². The monoisotopic (exact) mass is 240 g/mol. The minimum Gasteiger partial charge on any atom is -0.377 e. The average molecular weight is 240 g/mol. The summed E-state index contributed by atoms with van der Waals surface area (Å²) in [5, 5.41) is 13.8. The quantitative estimate of drug-likeness (QED) is 0.646. The molecule has 1 aromatic carbocycles. The zero-order valence-corrected chi connectivity index (χ0v) is 9.40. The summed E-state index contributed by atoms with van der Waals surface area (Å²) in [6.07, 6.45) is 0.430. The van der Waals surface area contributed by atoms with Gasteiger partial charge in [-0.2, -0.15) is 0 Å². The molecule has 1 fully saturated rings. The number of ether oxygens (including phenoxy) is 1. The number of hydrogen-bond acceptors (Lipinski definition) is 4. The fraction of sp³-hybridized carbons (Fsp3) is 0.455. The number of aryl methyl sites for hydroxylation is 1. The molecule has 0 aliphatic carbocycles. The van der Waals surface area contributed by atoms with E-state index in [9.17, 15) is 14.5 Å². The Morgan fingerprint density at radius 3 is 2.76 bits per heavy atom. The first-order valence-electron chi connectivity index (χ1n) is 5.43. The molecule has 1 aromatic rings. The van der Waals surface area contributed by atoms with Crippen molar-refractivity contribution in [1.82, 2.24) is 0 Å². The Morgan fingerprint density at radius 1 is 1.59 bits per heavy atom. The second-order valence-corrected chi connectivity index (χ2v) is 3.95. The van der Waals surface area contributed by atoms with Gasteiger partial charge in [-0.05, 0) is 12.0 Å². The Hall–Kier alpha value is -1.69.